The zero-order chi connectivity index (χ0) is 21.4. The number of aryl methyl sites for hydroxylation is 1. The predicted octanol–water partition coefficient (Wildman–Crippen LogP) is 3.42. The fourth-order valence-corrected chi connectivity index (χ4v) is 2.35. The Morgan fingerprint density at radius 1 is 1.18 bits per heavy atom. The van der Waals surface area contributed by atoms with Crippen LogP contribution in [0.5, 0.6) is 5.75 Å². The Morgan fingerprint density at radius 2 is 1.82 bits per heavy atom. The zero-order valence-corrected chi connectivity index (χ0v) is 17.0. The molecule has 1 rings (SSSR count). The highest BCUT2D eigenvalue weighted by Crippen LogP contribution is 2.45. The quantitative estimate of drug-likeness (QED) is 0.347. The highest BCUT2D eigenvalue weighted by molar-refractivity contribution is 5.65. The fourth-order valence-electron chi connectivity index (χ4n) is 2.35. The van der Waals surface area contributed by atoms with E-state index in [0.717, 1.165) is 6.54 Å². The van der Waals surface area contributed by atoms with Gasteiger partial charge in [0.05, 0.1) is 39.0 Å². The van der Waals surface area contributed by atoms with Crippen molar-refractivity contribution in [2.45, 2.75) is 32.5 Å². The van der Waals surface area contributed by atoms with Gasteiger partial charge in [0.25, 0.3) is 0 Å². The number of alkyl halides is 3. The van der Waals surface area contributed by atoms with Crippen LogP contribution in [0.4, 0.5) is 18.9 Å². The highest BCUT2D eigenvalue weighted by atomic mass is 19.4. The molecule has 0 heterocycles. The summed E-state index contributed by atoms with van der Waals surface area (Å²) in [6.45, 7) is 5.58. The van der Waals surface area contributed by atoms with E-state index in [1.807, 2.05) is 18.9 Å². The molecule has 1 atom stereocenters. The predicted molar refractivity (Wildman–Crippen MR) is 101 cm³/mol. The van der Waals surface area contributed by atoms with Crippen LogP contribution in [-0.4, -0.2) is 69.7 Å². The van der Waals surface area contributed by atoms with Crippen LogP contribution in [0.3, 0.4) is 0 Å². The van der Waals surface area contributed by atoms with Crippen molar-refractivity contribution in [3.05, 3.63) is 23.3 Å². The second kappa shape index (κ2) is 10.6. The minimum atomic E-state index is -4.97. The summed E-state index contributed by atoms with van der Waals surface area (Å²) in [6.07, 6.45) is -3.39. The molecule has 0 aromatic heterocycles. The molecule has 6 nitrogen and oxygen atoms in total. The van der Waals surface area contributed by atoms with E-state index in [-0.39, 0.29) is 19.0 Å². The Labute approximate surface area is 163 Å². The van der Waals surface area contributed by atoms with E-state index in [1.54, 1.807) is 20.2 Å². The lowest BCUT2D eigenvalue weighted by molar-refractivity contribution is -0.282. The molecule has 0 bridgehead atoms. The molecular formula is C19H29F3N2O4. The average Bonchev–Trinajstić information content (AvgIpc) is 2.65. The van der Waals surface area contributed by atoms with Crippen LogP contribution >= 0.6 is 0 Å². The number of hydrogen-bond acceptors (Lipinski definition) is 5. The number of methoxy groups -OCH3 is 1. The molecule has 0 saturated heterocycles. The number of aliphatic hydroxyl groups is 1. The molecule has 0 aliphatic rings. The van der Waals surface area contributed by atoms with E-state index >= 15 is 0 Å². The van der Waals surface area contributed by atoms with Crippen LogP contribution in [-0.2, 0) is 15.1 Å². The molecule has 1 aromatic rings. The Kier molecular flexibility index (Phi) is 9.19. The maximum atomic E-state index is 13.8. The standard InChI is InChI=1S/C19H29F3N2O4/c1-6-24(4)13-23-16-11-17(26-5)15(10-14(16)3)18(25,19(20,21)22)12-28-9-8-27-7-2/h10-11,13,25H,6-9,12H2,1-5H3/b23-13+. The van der Waals surface area contributed by atoms with E-state index in [1.165, 1.54) is 19.2 Å². The summed E-state index contributed by atoms with van der Waals surface area (Å²) < 4.78 is 56.5. The Hall–Kier alpha value is -1.84. The van der Waals surface area contributed by atoms with Crippen LogP contribution < -0.4 is 4.74 Å². The Morgan fingerprint density at radius 3 is 2.36 bits per heavy atom. The molecule has 0 aliphatic heterocycles. The first-order chi connectivity index (χ1) is 13.1. The van der Waals surface area contributed by atoms with Gasteiger partial charge in [-0.3, -0.25) is 0 Å². The summed E-state index contributed by atoms with van der Waals surface area (Å²) in [4.78, 5) is 6.09. The van der Waals surface area contributed by atoms with Gasteiger partial charge in [-0.2, -0.15) is 13.2 Å². The van der Waals surface area contributed by atoms with Crippen molar-refractivity contribution in [3.63, 3.8) is 0 Å². The van der Waals surface area contributed by atoms with Gasteiger partial charge >= 0.3 is 6.18 Å². The number of rotatable bonds is 11. The summed E-state index contributed by atoms with van der Waals surface area (Å²) in [5.74, 6) is -0.120. The van der Waals surface area contributed by atoms with Gasteiger partial charge in [-0.1, -0.05) is 0 Å². The topological polar surface area (TPSA) is 63.5 Å². The van der Waals surface area contributed by atoms with Gasteiger partial charge in [-0.25, -0.2) is 4.99 Å². The van der Waals surface area contributed by atoms with Crippen LogP contribution in [0.25, 0.3) is 0 Å². The number of nitrogens with zero attached hydrogens (tertiary/aromatic N) is 2. The summed E-state index contributed by atoms with van der Waals surface area (Å²) in [5, 5.41) is 10.5. The van der Waals surface area contributed by atoms with Crippen molar-refractivity contribution in [3.8, 4) is 5.75 Å². The van der Waals surface area contributed by atoms with Gasteiger partial charge in [0, 0.05) is 31.8 Å². The molecule has 0 aliphatic carbocycles. The number of hydrogen-bond donors (Lipinski definition) is 1. The molecule has 0 amide bonds. The van der Waals surface area contributed by atoms with Crippen LogP contribution in [0.15, 0.2) is 17.1 Å². The lowest BCUT2D eigenvalue weighted by atomic mass is 9.91. The zero-order valence-electron chi connectivity index (χ0n) is 17.0. The average molecular weight is 406 g/mol. The minimum absolute atomic E-state index is 0.0702. The normalized spacial score (nSPS) is 14.3. The monoisotopic (exact) mass is 406 g/mol. The molecule has 28 heavy (non-hydrogen) atoms. The van der Waals surface area contributed by atoms with E-state index in [4.69, 9.17) is 14.2 Å². The van der Waals surface area contributed by atoms with Gasteiger partial charge in [0.2, 0.25) is 5.60 Å². The SMILES string of the molecule is CCOCCOCC(O)(c1cc(C)c(/N=C/N(C)CC)cc1OC)C(F)(F)F. The molecule has 0 spiro atoms. The summed E-state index contributed by atoms with van der Waals surface area (Å²) in [6, 6.07) is 2.61. The Bertz CT molecular complexity index is 653. The molecule has 0 radical (unpaired) electrons. The van der Waals surface area contributed by atoms with Gasteiger partial charge in [-0.15, -0.1) is 0 Å². The summed E-state index contributed by atoms with van der Waals surface area (Å²) in [5.41, 5.74) is -2.73. The van der Waals surface area contributed by atoms with Crippen molar-refractivity contribution < 1.29 is 32.5 Å². The minimum Gasteiger partial charge on any atom is -0.496 e. The van der Waals surface area contributed by atoms with E-state index in [9.17, 15) is 18.3 Å². The third-order valence-corrected chi connectivity index (χ3v) is 4.21. The van der Waals surface area contributed by atoms with Crippen LogP contribution in [0.1, 0.15) is 25.0 Å². The van der Waals surface area contributed by atoms with Crippen molar-refractivity contribution >= 4 is 12.0 Å². The number of ether oxygens (including phenoxy) is 3. The third-order valence-electron chi connectivity index (χ3n) is 4.21. The Balaban J connectivity index is 3.26. The maximum absolute atomic E-state index is 13.8. The molecule has 1 aromatic carbocycles. The fraction of sp³-hybridized carbons (Fsp3) is 0.632. The van der Waals surface area contributed by atoms with Crippen LogP contribution in [0.2, 0.25) is 0 Å². The van der Waals surface area contributed by atoms with Gasteiger partial charge in [0.1, 0.15) is 5.75 Å². The van der Waals surface area contributed by atoms with Gasteiger partial charge in [-0.05, 0) is 32.4 Å². The summed E-state index contributed by atoms with van der Waals surface area (Å²) >= 11 is 0. The van der Waals surface area contributed by atoms with E-state index in [2.05, 4.69) is 4.99 Å². The van der Waals surface area contributed by atoms with Gasteiger partial charge in [0.15, 0.2) is 0 Å². The number of aliphatic imine (C=N–C) groups is 1. The molecule has 1 N–H and O–H groups in total. The molecule has 9 heteroatoms. The lowest BCUT2D eigenvalue weighted by Gasteiger charge is -2.32. The molecule has 0 fully saturated rings. The van der Waals surface area contributed by atoms with E-state index < -0.39 is 23.9 Å². The third kappa shape index (κ3) is 6.08. The molecule has 160 valence electrons. The molecule has 0 saturated carbocycles. The lowest BCUT2D eigenvalue weighted by Crippen LogP contribution is -2.46. The first kappa shape index (κ1) is 24.2. The van der Waals surface area contributed by atoms with Crippen molar-refractivity contribution in [1.29, 1.82) is 0 Å². The largest absolute Gasteiger partial charge is 0.496 e. The smallest absolute Gasteiger partial charge is 0.423 e. The van der Waals surface area contributed by atoms with Crippen molar-refractivity contribution in [2.75, 3.05) is 47.1 Å². The van der Waals surface area contributed by atoms with Crippen LogP contribution in [0, 0.1) is 6.92 Å². The molecular weight excluding hydrogens is 377 g/mol. The first-order valence-corrected chi connectivity index (χ1v) is 8.98. The second-order valence-electron chi connectivity index (χ2n) is 6.26. The molecule has 1 unspecified atom stereocenters. The van der Waals surface area contributed by atoms with Crippen molar-refractivity contribution in [2.24, 2.45) is 4.99 Å². The highest BCUT2D eigenvalue weighted by Gasteiger charge is 2.56. The summed E-state index contributed by atoms with van der Waals surface area (Å²) in [7, 11) is 3.07. The second-order valence-corrected chi connectivity index (χ2v) is 6.26. The van der Waals surface area contributed by atoms with Crippen molar-refractivity contribution in [1.82, 2.24) is 4.90 Å². The van der Waals surface area contributed by atoms with E-state index in [0.29, 0.717) is 17.9 Å². The first-order valence-electron chi connectivity index (χ1n) is 8.98. The number of benzene rings is 1. The maximum Gasteiger partial charge on any atom is 0.423 e. The number of halogens is 3. The van der Waals surface area contributed by atoms with Gasteiger partial charge < -0.3 is 24.2 Å².